The van der Waals surface area contributed by atoms with Crippen LogP contribution in [-0.2, 0) is 12.7 Å². The first-order valence-corrected chi connectivity index (χ1v) is 9.59. The van der Waals surface area contributed by atoms with E-state index < -0.39 is 17.8 Å². The van der Waals surface area contributed by atoms with Gasteiger partial charge < -0.3 is 5.32 Å². The Morgan fingerprint density at radius 2 is 1.88 bits per heavy atom. The number of alkyl halides is 3. The number of amides is 1. The fourth-order valence-corrected chi connectivity index (χ4v) is 3.21. The molecule has 1 atom stereocenters. The Kier molecular flexibility index (Phi) is 5.71. The minimum atomic E-state index is -4.48. The van der Waals surface area contributed by atoms with Crippen molar-refractivity contribution in [1.29, 1.82) is 0 Å². The molecule has 0 saturated heterocycles. The van der Waals surface area contributed by atoms with E-state index in [0.717, 1.165) is 17.8 Å². The highest BCUT2D eigenvalue weighted by Crippen LogP contribution is 2.29. The second-order valence-electron chi connectivity index (χ2n) is 7.01. The summed E-state index contributed by atoms with van der Waals surface area (Å²) in [7, 11) is 0. The lowest BCUT2D eigenvalue weighted by molar-refractivity contribution is -0.137. The van der Waals surface area contributed by atoms with E-state index in [1.54, 1.807) is 17.9 Å². The van der Waals surface area contributed by atoms with Crippen LogP contribution in [0.15, 0.2) is 67.5 Å². The van der Waals surface area contributed by atoms with Crippen LogP contribution in [0.2, 0.25) is 0 Å². The molecule has 0 fully saturated rings. The zero-order chi connectivity index (χ0) is 22.7. The van der Waals surface area contributed by atoms with Crippen LogP contribution in [0.25, 0.3) is 5.82 Å². The van der Waals surface area contributed by atoms with Gasteiger partial charge in [0.25, 0.3) is 5.91 Å². The van der Waals surface area contributed by atoms with Crippen molar-refractivity contribution in [3.63, 3.8) is 0 Å². The maximum Gasteiger partial charge on any atom is 0.417 e. The van der Waals surface area contributed by atoms with Crippen LogP contribution in [-0.4, -0.2) is 35.4 Å². The van der Waals surface area contributed by atoms with Crippen LogP contribution >= 0.6 is 0 Å². The van der Waals surface area contributed by atoms with E-state index in [0.29, 0.717) is 12.2 Å². The maximum absolute atomic E-state index is 13.0. The Hall–Kier alpha value is -4.02. The van der Waals surface area contributed by atoms with Gasteiger partial charge in [-0.2, -0.15) is 23.4 Å². The van der Waals surface area contributed by atoms with Crippen LogP contribution in [0.3, 0.4) is 0 Å². The number of nitrogens with zero attached hydrogens (tertiary/aromatic N) is 6. The monoisotopic (exact) mass is 441 g/mol. The van der Waals surface area contributed by atoms with E-state index in [4.69, 9.17) is 0 Å². The third-order valence-electron chi connectivity index (χ3n) is 4.89. The van der Waals surface area contributed by atoms with Gasteiger partial charge in [-0.3, -0.25) is 9.48 Å². The van der Waals surface area contributed by atoms with E-state index in [2.05, 4.69) is 25.5 Å². The second-order valence-corrected chi connectivity index (χ2v) is 7.01. The molecule has 0 radical (unpaired) electrons. The highest BCUT2D eigenvalue weighted by molar-refractivity contribution is 5.95. The van der Waals surface area contributed by atoms with Crippen molar-refractivity contribution in [1.82, 2.24) is 34.8 Å². The third kappa shape index (κ3) is 4.51. The van der Waals surface area contributed by atoms with Crippen molar-refractivity contribution in [2.45, 2.75) is 25.7 Å². The summed E-state index contributed by atoms with van der Waals surface area (Å²) < 4.78 is 41.3. The predicted octanol–water partition coefficient (Wildman–Crippen LogP) is 3.36. The average Bonchev–Trinajstić information content (AvgIpc) is 3.43. The van der Waals surface area contributed by atoms with Crippen molar-refractivity contribution in [3.8, 4) is 5.82 Å². The number of pyridine rings is 1. The van der Waals surface area contributed by atoms with E-state index in [-0.39, 0.29) is 17.3 Å². The molecule has 0 spiro atoms. The quantitative estimate of drug-likeness (QED) is 0.496. The molecule has 1 amide bonds. The molecular formula is C21H18F3N7O. The molecule has 3 heterocycles. The zero-order valence-electron chi connectivity index (χ0n) is 16.9. The molecule has 0 bridgehead atoms. The van der Waals surface area contributed by atoms with Crippen molar-refractivity contribution in [2.75, 3.05) is 0 Å². The normalized spacial score (nSPS) is 12.5. The van der Waals surface area contributed by atoms with Crippen LogP contribution in [0.4, 0.5) is 13.2 Å². The third-order valence-corrected chi connectivity index (χ3v) is 4.89. The van der Waals surface area contributed by atoms with E-state index in [9.17, 15) is 18.0 Å². The number of aromatic nitrogens is 6. The highest BCUT2D eigenvalue weighted by Gasteiger charge is 2.31. The number of benzene rings is 1. The smallest absolute Gasteiger partial charge is 0.343 e. The molecule has 1 unspecified atom stereocenters. The van der Waals surface area contributed by atoms with Gasteiger partial charge in [0.1, 0.15) is 12.7 Å². The summed E-state index contributed by atoms with van der Waals surface area (Å²) in [4.78, 5) is 20.8. The Balaban J connectivity index is 1.57. The lowest BCUT2D eigenvalue weighted by atomic mass is 10.1. The number of halogens is 3. The Bertz CT molecular complexity index is 1190. The summed E-state index contributed by atoms with van der Waals surface area (Å²) in [6.07, 6.45) is 0.588. The number of nitrogens with one attached hydrogen (secondary N) is 1. The number of hydrogen-bond acceptors (Lipinski definition) is 5. The summed E-state index contributed by atoms with van der Waals surface area (Å²) in [5.41, 5.74) is 0.752. The first kappa shape index (κ1) is 21.2. The summed E-state index contributed by atoms with van der Waals surface area (Å²) in [5.74, 6) is -0.202. The van der Waals surface area contributed by atoms with Gasteiger partial charge in [-0.15, -0.1) is 0 Å². The van der Waals surface area contributed by atoms with Gasteiger partial charge in [0.2, 0.25) is 0 Å². The molecule has 3 aromatic heterocycles. The Morgan fingerprint density at radius 1 is 1.09 bits per heavy atom. The first-order valence-electron chi connectivity index (χ1n) is 9.59. The standard InChI is InChI=1S/C21H18F3N7O/c1-14-17(10-27-31(14)19-8-7-16(9-26-19)21(22,23)24)20(32)29-18(11-30-13-25-12-28-30)15-5-3-2-4-6-15/h2-10,12-13,18H,11H2,1H3,(H,29,32). The SMILES string of the molecule is Cc1c(C(=O)NC(Cn2cncn2)c2ccccc2)cnn1-c1ccc(C(F)(F)F)cn1. The molecule has 8 nitrogen and oxygen atoms in total. The highest BCUT2D eigenvalue weighted by atomic mass is 19.4. The number of hydrogen-bond donors (Lipinski definition) is 1. The van der Waals surface area contributed by atoms with E-state index in [1.807, 2.05) is 30.3 Å². The van der Waals surface area contributed by atoms with Gasteiger partial charge >= 0.3 is 6.18 Å². The molecule has 0 aliphatic rings. The zero-order valence-corrected chi connectivity index (χ0v) is 16.9. The molecule has 11 heteroatoms. The molecule has 1 N–H and O–H groups in total. The van der Waals surface area contributed by atoms with Gasteiger partial charge in [0, 0.05) is 6.20 Å². The maximum atomic E-state index is 13.0. The molecule has 0 saturated carbocycles. The molecule has 164 valence electrons. The molecule has 0 aliphatic heterocycles. The van der Waals surface area contributed by atoms with E-state index in [1.165, 1.54) is 23.3 Å². The fraction of sp³-hybridized carbons (Fsp3) is 0.190. The van der Waals surface area contributed by atoms with Gasteiger partial charge in [-0.1, -0.05) is 30.3 Å². The molecule has 32 heavy (non-hydrogen) atoms. The van der Waals surface area contributed by atoms with Gasteiger partial charge in [-0.25, -0.2) is 14.6 Å². The summed E-state index contributed by atoms with van der Waals surface area (Å²) in [5, 5.41) is 11.2. The minimum absolute atomic E-state index is 0.178. The second kappa shape index (κ2) is 8.61. The summed E-state index contributed by atoms with van der Waals surface area (Å²) >= 11 is 0. The van der Waals surface area contributed by atoms with Gasteiger partial charge in [0.15, 0.2) is 5.82 Å². The topological polar surface area (TPSA) is 90.5 Å². The minimum Gasteiger partial charge on any atom is -0.343 e. The predicted molar refractivity (Wildman–Crippen MR) is 108 cm³/mol. The van der Waals surface area contributed by atoms with Gasteiger partial charge in [-0.05, 0) is 24.6 Å². The molecular weight excluding hydrogens is 423 g/mol. The van der Waals surface area contributed by atoms with Crippen molar-refractivity contribution in [2.24, 2.45) is 0 Å². The van der Waals surface area contributed by atoms with Crippen molar-refractivity contribution < 1.29 is 18.0 Å². The summed E-state index contributed by atoms with van der Waals surface area (Å²) in [6, 6.07) is 11.1. The Morgan fingerprint density at radius 3 is 2.50 bits per heavy atom. The van der Waals surface area contributed by atoms with Crippen molar-refractivity contribution in [3.05, 3.63) is 89.9 Å². The largest absolute Gasteiger partial charge is 0.417 e. The molecule has 1 aromatic carbocycles. The molecule has 0 aliphatic carbocycles. The van der Waals surface area contributed by atoms with Crippen molar-refractivity contribution >= 4 is 5.91 Å². The number of carbonyl (C=O) groups excluding carboxylic acids is 1. The lowest BCUT2D eigenvalue weighted by Crippen LogP contribution is -2.32. The number of carbonyl (C=O) groups is 1. The lowest BCUT2D eigenvalue weighted by Gasteiger charge is -2.19. The number of rotatable bonds is 6. The summed E-state index contributed by atoms with van der Waals surface area (Å²) in [6.45, 7) is 2.01. The van der Waals surface area contributed by atoms with Gasteiger partial charge in [0.05, 0.1) is 35.6 Å². The first-order chi connectivity index (χ1) is 15.3. The van der Waals surface area contributed by atoms with Crippen LogP contribution in [0, 0.1) is 6.92 Å². The average molecular weight is 441 g/mol. The Labute approximate surface area is 180 Å². The molecule has 4 aromatic rings. The van der Waals surface area contributed by atoms with Crippen LogP contribution in [0.5, 0.6) is 0 Å². The van der Waals surface area contributed by atoms with E-state index >= 15 is 0 Å². The molecule has 4 rings (SSSR count). The van der Waals surface area contributed by atoms with Crippen LogP contribution < -0.4 is 5.32 Å². The fourth-order valence-electron chi connectivity index (χ4n) is 3.21. The van der Waals surface area contributed by atoms with Crippen LogP contribution in [0.1, 0.15) is 33.2 Å².